The Bertz CT molecular complexity index is 920. The molecule has 28 heavy (non-hydrogen) atoms. The molecule has 0 atom stereocenters. The maximum atomic E-state index is 12.2. The normalized spacial score (nSPS) is 10.9. The fourth-order valence-corrected chi connectivity index (χ4v) is 3.58. The molecule has 0 aliphatic carbocycles. The standard InChI is InChI=1S/C22H25N3O2S/c1-16(2)18-7-9-19(10-8-18)25-12-11-23-22(25)28-15-21(26)24-14-17-5-4-6-20(13-17)27-3/h4-13,16H,14-15H2,1-3H3,(H,24,26). The monoisotopic (exact) mass is 395 g/mol. The summed E-state index contributed by atoms with van der Waals surface area (Å²) >= 11 is 1.43. The van der Waals surface area contributed by atoms with Crippen LogP contribution in [0.25, 0.3) is 5.69 Å². The van der Waals surface area contributed by atoms with Crippen LogP contribution in [-0.4, -0.2) is 28.3 Å². The van der Waals surface area contributed by atoms with Crippen molar-refractivity contribution in [2.24, 2.45) is 0 Å². The third-order valence-corrected chi connectivity index (χ3v) is 5.37. The Kier molecular flexibility index (Phi) is 6.76. The molecule has 3 rings (SSSR count). The van der Waals surface area contributed by atoms with E-state index >= 15 is 0 Å². The first-order chi connectivity index (χ1) is 13.6. The average Bonchev–Trinajstić information content (AvgIpc) is 3.19. The summed E-state index contributed by atoms with van der Waals surface area (Å²) in [7, 11) is 1.63. The smallest absolute Gasteiger partial charge is 0.230 e. The predicted molar refractivity (Wildman–Crippen MR) is 113 cm³/mol. The highest BCUT2D eigenvalue weighted by atomic mass is 32.2. The second kappa shape index (κ2) is 9.46. The first kappa shape index (κ1) is 20.0. The number of methoxy groups -OCH3 is 1. The van der Waals surface area contributed by atoms with Gasteiger partial charge >= 0.3 is 0 Å². The largest absolute Gasteiger partial charge is 0.497 e. The van der Waals surface area contributed by atoms with E-state index in [0.29, 0.717) is 18.2 Å². The van der Waals surface area contributed by atoms with Gasteiger partial charge in [0.1, 0.15) is 5.75 Å². The highest BCUT2D eigenvalue weighted by Gasteiger charge is 2.10. The number of rotatable bonds is 8. The first-order valence-corrected chi connectivity index (χ1v) is 10.2. The van der Waals surface area contributed by atoms with Gasteiger partial charge in [-0.25, -0.2) is 4.98 Å². The molecule has 0 fully saturated rings. The molecule has 0 saturated heterocycles. The molecule has 3 aromatic rings. The molecule has 0 bridgehead atoms. The lowest BCUT2D eigenvalue weighted by Gasteiger charge is -2.10. The quantitative estimate of drug-likeness (QED) is 0.574. The van der Waals surface area contributed by atoms with Gasteiger partial charge in [-0.1, -0.05) is 49.9 Å². The number of carbonyl (C=O) groups excluding carboxylic acids is 1. The minimum absolute atomic E-state index is 0.0301. The Morgan fingerprint density at radius 1 is 1.21 bits per heavy atom. The van der Waals surface area contributed by atoms with E-state index in [1.54, 1.807) is 13.3 Å². The average molecular weight is 396 g/mol. The summed E-state index contributed by atoms with van der Waals surface area (Å²) in [6.07, 6.45) is 3.67. The van der Waals surface area contributed by atoms with Crippen LogP contribution in [0.4, 0.5) is 0 Å². The number of nitrogens with one attached hydrogen (secondary N) is 1. The maximum Gasteiger partial charge on any atom is 0.230 e. The summed E-state index contributed by atoms with van der Waals surface area (Å²) in [5, 5.41) is 3.74. The Morgan fingerprint density at radius 2 is 2.00 bits per heavy atom. The van der Waals surface area contributed by atoms with Crippen molar-refractivity contribution in [3.8, 4) is 11.4 Å². The highest BCUT2D eigenvalue weighted by molar-refractivity contribution is 7.99. The number of nitrogens with zero attached hydrogens (tertiary/aromatic N) is 2. The zero-order chi connectivity index (χ0) is 19.9. The van der Waals surface area contributed by atoms with Gasteiger partial charge in [0.15, 0.2) is 5.16 Å². The van der Waals surface area contributed by atoms with Gasteiger partial charge < -0.3 is 10.1 Å². The van der Waals surface area contributed by atoms with Gasteiger partial charge in [0, 0.05) is 24.6 Å². The van der Waals surface area contributed by atoms with Crippen molar-refractivity contribution in [1.82, 2.24) is 14.9 Å². The molecule has 0 radical (unpaired) electrons. The molecule has 0 spiro atoms. The fraction of sp³-hybridized carbons (Fsp3) is 0.273. The van der Waals surface area contributed by atoms with Crippen LogP contribution in [0.2, 0.25) is 0 Å². The second-order valence-corrected chi connectivity index (χ2v) is 7.69. The van der Waals surface area contributed by atoms with Gasteiger partial charge in [-0.15, -0.1) is 0 Å². The summed E-state index contributed by atoms with van der Waals surface area (Å²) in [4.78, 5) is 16.6. The number of amides is 1. The van der Waals surface area contributed by atoms with Crippen LogP contribution in [0.15, 0.2) is 66.1 Å². The van der Waals surface area contributed by atoms with Crippen LogP contribution >= 0.6 is 11.8 Å². The van der Waals surface area contributed by atoms with Crippen LogP contribution in [0.1, 0.15) is 30.9 Å². The molecule has 5 nitrogen and oxygen atoms in total. The topological polar surface area (TPSA) is 56.1 Å². The summed E-state index contributed by atoms with van der Waals surface area (Å²) in [6.45, 7) is 4.83. The molecule has 0 aliphatic rings. The summed E-state index contributed by atoms with van der Waals surface area (Å²) < 4.78 is 7.21. The molecule has 1 heterocycles. The molecular formula is C22H25N3O2S. The molecule has 1 amide bonds. The molecule has 2 aromatic carbocycles. The van der Waals surface area contributed by atoms with E-state index in [9.17, 15) is 4.79 Å². The Balaban J connectivity index is 1.56. The zero-order valence-corrected chi connectivity index (χ0v) is 17.2. The van der Waals surface area contributed by atoms with Crippen LogP contribution in [0.5, 0.6) is 5.75 Å². The number of carbonyl (C=O) groups is 1. The molecule has 0 unspecified atom stereocenters. The molecule has 0 aliphatic heterocycles. The lowest BCUT2D eigenvalue weighted by atomic mass is 10.0. The SMILES string of the molecule is COc1cccc(CNC(=O)CSc2nccn2-c2ccc(C(C)C)cc2)c1. The molecule has 146 valence electrons. The summed E-state index contributed by atoms with van der Waals surface area (Å²) in [5.74, 6) is 1.56. The molecule has 0 saturated carbocycles. The van der Waals surface area contributed by atoms with E-state index in [1.165, 1.54) is 17.3 Å². The molecule has 1 N–H and O–H groups in total. The number of ether oxygens (including phenoxy) is 1. The lowest BCUT2D eigenvalue weighted by molar-refractivity contribution is -0.118. The third kappa shape index (κ3) is 5.16. The number of aromatic nitrogens is 2. The minimum atomic E-state index is -0.0301. The molecular weight excluding hydrogens is 370 g/mol. The second-order valence-electron chi connectivity index (χ2n) is 6.74. The van der Waals surface area contributed by atoms with E-state index in [0.717, 1.165) is 22.2 Å². The fourth-order valence-electron chi connectivity index (χ4n) is 2.78. The number of imidazole rings is 1. The van der Waals surface area contributed by atoms with Crippen molar-refractivity contribution in [1.29, 1.82) is 0 Å². The van der Waals surface area contributed by atoms with Gasteiger partial charge in [0.25, 0.3) is 0 Å². The van der Waals surface area contributed by atoms with Crippen LogP contribution in [0, 0.1) is 0 Å². The van der Waals surface area contributed by atoms with Crippen molar-refractivity contribution in [3.05, 3.63) is 72.1 Å². The van der Waals surface area contributed by atoms with Crippen molar-refractivity contribution < 1.29 is 9.53 Å². The van der Waals surface area contributed by atoms with E-state index in [-0.39, 0.29) is 5.91 Å². The Morgan fingerprint density at radius 3 is 2.71 bits per heavy atom. The van der Waals surface area contributed by atoms with Crippen molar-refractivity contribution >= 4 is 17.7 Å². The third-order valence-electron chi connectivity index (χ3n) is 4.40. The Labute approximate surface area is 170 Å². The Hall–Kier alpha value is -2.73. The van der Waals surface area contributed by atoms with Gasteiger partial charge in [-0.05, 0) is 41.3 Å². The van der Waals surface area contributed by atoms with Gasteiger partial charge in [-0.2, -0.15) is 0 Å². The number of hydrogen-bond donors (Lipinski definition) is 1. The molecule has 6 heteroatoms. The minimum Gasteiger partial charge on any atom is -0.497 e. The van der Waals surface area contributed by atoms with Crippen LogP contribution in [-0.2, 0) is 11.3 Å². The van der Waals surface area contributed by atoms with Crippen LogP contribution in [0.3, 0.4) is 0 Å². The number of hydrogen-bond acceptors (Lipinski definition) is 4. The number of benzene rings is 2. The lowest BCUT2D eigenvalue weighted by Crippen LogP contribution is -2.24. The van der Waals surface area contributed by atoms with Gasteiger partial charge in [0.05, 0.1) is 12.9 Å². The van der Waals surface area contributed by atoms with E-state index < -0.39 is 0 Å². The van der Waals surface area contributed by atoms with Crippen molar-refractivity contribution in [2.75, 3.05) is 12.9 Å². The summed E-state index contributed by atoms with van der Waals surface area (Å²) in [6, 6.07) is 16.1. The first-order valence-electron chi connectivity index (χ1n) is 9.23. The predicted octanol–water partition coefficient (Wildman–Crippen LogP) is 4.41. The maximum absolute atomic E-state index is 12.2. The summed E-state index contributed by atoms with van der Waals surface area (Å²) in [5.41, 5.74) is 3.35. The van der Waals surface area contributed by atoms with E-state index in [1.807, 2.05) is 35.0 Å². The van der Waals surface area contributed by atoms with E-state index in [4.69, 9.17) is 4.74 Å². The molecule has 1 aromatic heterocycles. The van der Waals surface area contributed by atoms with Crippen molar-refractivity contribution in [2.45, 2.75) is 31.5 Å². The number of thioether (sulfide) groups is 1. The van der Waals surface area contributed by atoms with Crippen LogP contribution < -0.4 is 10.1 Å². The van der Waals surface area contributed by atoms with E-state index in [2.05, 4.69) is 48.4 Å². The van der Waals surface area contributed by atoms with Crippen molar-refractivity contribution in [3.63, 3.8) is 0 Å². The van der Waals surface area contributed by atoms with Gasteiger partial charge in [0.2, 0.25) is 5.91 Å². The van der Waals surface area contributed by atoms with Gasteiger partial charge in [-0.3, -0.25) is 9.36 Å². The zero-order valence-electron chi connectivity index (χ0n) is 16.4. The highest BCUT2D eigenvalue weighted by Crippen LogP contribution is 2.22.